The van der Waals surface area contributed by atoms with Crippen LogP contribution in [0.4, 0.5) is 0 Å². The van der Waals surface area contributed by atoms with Crippen LogP contribution in [-0.2, 0) is 6.54 Å². The van der Waals surface area contributed by atoms with Crippen molar-refractivity contribution >= 4 is 32.8 Å². The smallest absolute Gasteiger partial charge is 0.287 e. The van der Waals surface area contributed by atoms with Crippen LogP contribution in [0.5, 0.6) is 0 Å². The molecule has 1 aromatic carbocycles. The number of amides is 1. The average molecular weight is 333 g/mol. The number of furan rings is 1. The van der Waals surface area contributed by atoms with E-state index in [9.17, 15) is 4.79 Å². The fourth-order valence-electron chi connectivity index (χ4n) is 2.14. The van der Waals surface area contributed by atoms with E-state index in [-0.39, 0.29) is 5.91 Å². The molecule has 0 saturated heterocycles. The van der Waals surface area contributed by atoms with Crippen molar-refractivity contribution in [2.75, 3.05) is 0 Å². The largest absolute Gasteiger partial charge is 0.451 e. The Morgan fingerprint density at radius 3 is 3.00 bits per heavy atom. The van der Waals surface area contributed by atoms with Gasteiger partial charge in [-0.25, -0.2) is 0 Å². The number of aromatic amines is 1. The lowest BCUT2D eigenvalue weighted by atomic mass is 10.1. The Hall–Kier alpha value is -2.01. The lowest BCUT2D eigenvalue weighted by molar-refractivity contribution is 0.0924. The lowest BCUT2D eigenvalue weighted by Crippen LogP contribution is -2.22. The van der Waals surface area contributed by atoms with Gasteiger partial charge in [-0.3, -0.25) is 4.79 Å². The molecular weight excluding hydrogens is 320 g/mol. The predicted molar refractivity (Wildman–Crippen MR) is 80.6 cm³/mol. The summed E-state index contributed by atoms with van der Waals surface area (Å²) < 4.78 is 6.61. The number of carbonyl (C=O) groups is 1. The number of aromatic nitrogens is 1. The van der Waals surface area contributed by atoms with E-state index >= 15 is 0 Å². The molecular formula is C15H13BrN2O2. The van der Waals surface area contributed by atoms with Gasteiger partial charge in [-0.1, -0.05) is 15.9 Å². The molecule has 2 heterocycles. The fraction of sp³-hybridized carbons (Fsp3) is 0.133. The third-order valence-electron chi connectivity index (χ3n) is 3.22. The van der Waals surface area contributed by atoms with Gasteiger partial charge < -0.3 is 14.7 Å². The number of fused-ring (bicyclic) bond motifs is 1. The summed E-state index contributed by atoms with van der Waals surface area (Å²) in [7, 11) is 0. The predicted octanol–water partition coefficient (Wildman–Crippen LogP) is 3.76. The summed E-state index contributed by atoms with van der Waals surface area (Å²) in [6.45, 7) is 2.37. The van der Waals surface area contributed by atoms with Crippen molar-refractivity contribution in [1.82, 2.24) is 10.3 Å². The quantitative estimate of drug-likeness (QED) is 0.767. The molecule has 20 heavy (non-hydrogen) atoms. The van der Waals surface area contributed by atoms with E-state index in [0.29, 0.717) is 12.3 Å². The Morgan fingerprint density at radius 1 is 1.40 bits per heavy atom. The maximum absolute atomic E-state index is 12.2. The van der Waals surface area contributed by atoms with Crippen molar-refractivity contribution in [2.45, 2.75) is 13.5 Å². The van der Waals surface area contributed by atoms with Crippen LogP contribution in [0.1, 0.15) is 21.7 Å². The van der Waals surface area contributed by atoms with E-state index in [0.717, 1.165) is 26.6 Å². The van der Waals surface area contributed by atoms with Gasteiger partial charge in [0, 0.05) is 34.4 Å². The van der Waals surface area contributed by atoms with E-state index in [1.807, 2.05) is 43.6 Å². The van der Waals surface area contributed by atoms with Gasteiger partial charge >= 0.3 is 0 Å². The first-order valence-corrected chi connectivity index (χ1v) is 7.03. The first-order chi connectivity index (χ1) is 9.65. The van der Waals surface area contributed by atoms with Gasteiger partial charge in [-0.2, -0.15) is 0 Å². The summed E-state index contributed by atoms with van der Waals surface area (Å²) in [5.74, 6) is 0.171. The Labute approximate surface area is 124 Å². The molecule has 0 radical (unpaired) electrons. The zero-order chi connectivity index (χ0) is 14.1. The highest BCUT2D eigenvalue weighted by atomic mass is 79.9. The molecule has 1 amide bonds. The van der Waals surface area contributed by atoms with Gasteiger partial charge in [0.2, 0.25) is 0 Å². The molecule has 0 saturated carbocycles. The fourth-order valence-corrected chi connectivity index (χ4v) is 2.50. The number of halogens is 1. The van der Waals surface area contributed by atoms with Crippen molar-refractivity contribution in [3.05, 3.63) is 58.0 Å². The SMILES string of the molecule is Cc1c(C(=O)NCc2cc[nH]c2)oc2ccc(Br)cc12. The normalized spacial score (nSPS) is 10.9. The zero-order valence-corrected chi connectivity index (χ0v) is 12.5. The van der Waals surface area contributed by atoms with Crippen LogP contribution < -0.4 is 5.32 Å². The van der Waals surface area contributed by atoms with Crippen molar-refractivity contribution in [2.24, 2.45) is 0 Å². The van der Waals surface area contributed by atoms with Crippen molar-refractivity contribution in [3.8, 4) is 0 Å². The van der Waals surface area contributed by atoms with E-state index < -0.39 is 0 Å². The Kier molecular flexibility index (Phi) is 3.36. The molecule has 0 aliphatic carbocycles. The molecule has 102 valence electrons. The highest BCUT2D eigenvalue weighted by Gasteiger charge is 2.17. The Morgan fingerprint density at radius 2 is 2.25 bits per heavy atom. The second-order valence-electron chi connectivity index (χ2n) is 4.60. The number of benzene rings is 1. The summed E-state index contributed by atoms with van der Waals surface area (Å²) in [4.78, 5) is 15.1. The van der Waals surface area contributed by atoms with Crippen molar-refractivity contribution in [1.29, 1.82) is 0 Å². The number of rotatable bonds is 3. The van der Waals surface area contributed by atoms with Crippen LogP contribution in [0.2, 0.25) is 0 Å². The van der Waals surface area contributed by atoms with Crippen LogP contribution in [-0.4, -0.2) is 10.9 Å². The molecule has 3 rings (SSSR count). The Bertz CT molecular complexity index is 760. The molecule has 0 atom stereocenters. The van der Waals surface area contributed by atoms with Crippen molar-refractivity contribution in [3.63, 3.8) is 0 Å². The standard InChI is InChI=1S/C15H13BrN2O2/c1-9-12-6-11(16)2-3-13(12)20-14(9)15(19)18-8-10-4-5-17-7-10/h2-7,17H,8H2,1H3,(H,18,19). The average Bonchev–Trinajstić information content (AvgIpc) is 3.05. The topological polar surface area (TPSA) is 58.0 Å². The summed E-state index contributed by atoms with van der Waals surface area (Å²) in [5, 5.41) is 3.80. The molecule has 0 fully saturated rings. The monoisotopic (exact) mass is 332 g/mol. The molecule has 0 unspecified atom stereocenters. The van der Waals surface area contributed by atoms with Crippen LogP contribution in [0, 0.1) is 6.92 Å². The minimum absolute atomic E-state index is 0.198. The second-order valence-corrected chi connectivity index (χ2v) is 5.51. The van der Waals surface area contributed by atoms with Crippen LogP contribution in [0.25, 0.3) is 11.0 Å². The van der Waals surface area contributed by atoms with E-state index in [1.165, 1.54) is 0 Å². The second kappa shape index (κ2) is 5.17. The number of hydrogen-bond donors (Lipinski definition) is 2. The first kappa shape index (κ1) is 13.0. The molecule has 0 spiro atoms. The molecule has 0 bridgehead atoms. The Balaban J connectivity index is 1.86. The van der Waals surface area contributed by atoms with Crippen LogP contribution in [0.15, 0.2) is 45.5 Å². The van der Waals surface area contributed by atoms with E-state index in [1.54, 1.807) is 0 Å². The number of H-pyrrole nitrogens is 1. The van der Waals surface area contributed by atoms with E-state index in [4.69, 9.17) is 4.42 Å². The molecule has 5 heteroatoms. The molecule has 0 aliphatic heterocycles. The number of carbonyl (C=O) groups excluding carboxylic acids is 1. The van der Waals surface area contributed by atoms with Crippen LogP contribution in [0.3, 0.4) is 0 Å². The molecule has 2 N–H and O–H groups in total. The van der Waals surface area contributed by atoms with E-state index in [2.05, 4.69) is 26.2 Å². The highest BCUT2D eigenvalue weighted by molar-refractivity contribution is 9.10. The third-order valence-corrected chi connectivity index (χ3v) is 3.71. The maximum atomic E-state index is 12.2. The number of aryl methyl sites for hydroxylation is 1. The van der Waals surface area contributed by atoms with Gasteiger partial charge in [0.05, 0.1) is 0 Å². The lowest BCUT2D eigenvalue weighted by Gasteiger charge is -2.01. The van der Waals surface area contributed by atoms with Gasteiger partial charge in [0.15, 0.2) is 5.76 Å². The minimum atomic E-state index is -0.198. The molecule has 2 aromatic heterocycles. The van der Waals surface area contributed by atoms with Gasteiger partial charge in [-0.15, -0.1) is 0 Å². The summed E-state index contributed by atoms with van der Waals surface area (Å²) in [5.41, 5.74) is 2.60. The molecule has 4 nitrogen and oxygen atoms in total. The minimum Gasteiger partial charge on any atom is -0.451 e. The summed E-state index contributed by atoms with van der Waals surface area (Å²) >= 11 is 3.42. The van der Waals surface area contributed by atoms with Crippen LogP contribution >= 0.6 is 15.9 Å². The van der Waals surface area contributed by atoms with Gasteiger partial charge in [0.1, 0.15) is 5.58 Å². The maximum Gasteiger partial charge on any atom is 0.287 e. The summed E-state index contributed by atoms with van der Waals surface area (Å²) in [6.07, 6.45) is 3.67. The molecule has 0 aliphatic rings. The molecule has 3 aromatic rings. The van der Waals surface area contributed by atoms with Gasteiger partial charge in [-0.05, 0) is 36.8 Å². The number of nitrogens with one attached hydrogen (secondary N) is 2. The first-order valence-electron chi connectivity index (χ1n) is 6.23. The van der Waals surface area contributed by atoms with Gasteiger partial charge in [0.25, 0.3) is 5.91 Å². The zero-order valence-electron chi connectivity index (χ0n) is 10.9. The summed E-state index contributed by atoms with van der Waals surface area (Å²) in [6, 6.07) is 7.63. The highest BCUT2D eigenvalue weighted by Crippen LogP contribution is 2.27. The number of hydrogen-bond acceptors (Lipinski definition) is 2. The van der Waals surface area contributed by atoms with Crippen molar-refractivity contribution < 1.29 is 9.21 Å². The third kappa shape index (κ3) is 2.36.